The summed E-state index contributed by atoms with van der Waals surface area (Å²) in [5.74, 6) is 3.21. The highest BCUT2D eigenvalue weighted by Gasteiger charge is 2.20. The molecule has 0 spiro atoms. The van der Waals surface area contributed by atoms with Gasteiger partial charge in [-0.15, -0.1) is 0 Å². The van der Waals surface area contributed by atoms with Crippen molar-refractivity contribution in [1.82, 2.24) is 5.32 Å². The Bertz CT molecular complexity index is 314. The first kappa shape index (κ1) is 11.7. The highest BCUT2D eigenvalue weighted by Crippen LogP contribution is 2.33. The van der Waals surface area contributed by atoms with Gasteiger partial charge in [0.25, 0.3) is 0 Å². The molecule has 1 fully saturated rings. The van der Waals surface area contributed by atoms with Gasteiger partial charge < -0.3 is 9.73 Å². The van der Waals surface area contributed by atoms with Crippen LogP contribution in [0.2, 0.25) is 0 Å². The van der Waals surface area contributed by atoms with Crippen molar-refractivity contribution in [2.45, 2.75) is 52.0 Å². The Morgan fingerprint density at radius 2 is 2.25 bits per heavy atom. The molecule has 1 N–H and O–H groups in total. The van der Waals surface area contributed by atoms with Crippen molar-refractivity contribution in [3.05, 3.63) is 23.7 Å². The molecule has 16 heavy (non-hydrogen) atoms. The summed E-state index contributed by atoms with van der Waals surface area (Å²) >= 11 is 0. The maximum atomic E-state index is 5.72. The minimum atomic E-state index is 0.347. The standard InChI is InChI=1S/C14H23NO/c1-3-13-8-9-14(16-13)11(2)15-10-4-5-12-6-7-12/h8-9,11-12,15H,3-7,10H2,1-2H3. The van der Waals surface area contributed by atoms with Gasteiger partial charge in [-0.25, -0.2) is 0 Å². The summed E-state index contributed by atoms with van der Waals surface area (Å²) in [4.78, 5) is 0. The van der Waals surface area contributed by atoms with Crippen molar-refractivity contribution >= 4 is 0 Å². The van der Waals surface area contributed by atoms with E-state index < -0.39 is 0 Å². The minimum absolute atomic E-state index is 0.347. The molecule has 1 aliphatic rings. The molecule has 0 aromatic carbocycles. The zero-order valence-electron chi connectivity index (χ0n) is 10.5. The number of hydrogen-bond acceptors (Lipinski definition) is 2. The average Bonchev–Trinajstić information content (AvgIpc) is 2.99. The number of nitrogens with one attached hydrogen (secondary N) is 1. The fraction of sp³-hybridized carbons (Fsp3) is 0.714. The number of aryl methyl sites for hydroxylation is 1. The highest BCUT2D eigenvalue weighted by molar-refractivity contribution is 5.10. The van der Waals surface area contributed by atoms with Crippen molar-refractivity contribution < 1.29 is 4.42 Å². The molecule has 1 aromatic rings. The summed E-state index contributed by atoms with van der Waals surface area (Å²) in [5, 5.41) is 3.53. The summed E-state index contributed by atoms with van der Waals surface area (Å²) in [7, 11) is 0. The Morgan fingerprint density at radius 1 is 1.44 bits per heavy atom. The molecule has 90 valence electrons. The molecule has 1 aliphatic carbocycles. The molecule has 0 radical (unpaired) electrons. The largest absolute Gasteiger partial charge is 0.464 e. The van der Waals surface area contributed by atoms with E-state index in [4.69, 9.17) is 4.42 Å². The van der Waals surface area contributed by atoms with Crippen LogP contribution < -0.4 is 5.32 Å². The molecule has 0 bridgehead atoms. The van der Waals surface area contributed by atoms with E-state index in [2.05, 4.69) is 31.3 Å². The molecule has 0 aliphatic heterocycles. The second kappa shape index (κ2) is 5.53. The summed E-state index contributed by atoms with van der Waals surface area (Å²) in [5.41, 5.74) is 0. The molecular weight excluding hydrogens is 198 g/mol. The Balaban J connectivity index is 1.67. The summed E-state index contributed by atoms with van der Waals surface area (Å²) < 4.78 is 5.72. The van der Waals surface area contributed by atoms with E-state index >= 15 is 0 Å². The number of hydrogen-bond donors (Lipinski definition) is 1. The first-order valence-corrected chi connectivity index (χ1v) is 6.61. The Hall–Kier alpha value is -0.760. The van der Waals surface area contributed by atoms with Gasteiger partial charge in [-0.2, -0.15) is 0 Å². The maximum Gasteiger partial charge on any atom is 0.120 e. The first-order valence-electron chi connectivity index (χ1n) is 6.61. The SMILES string of the molecule is CCc1ccc(C(C)NCCCC2CC2)o1. The Kier molecular flexibility index (Phi) is 4.05. The molecule has 2 rings (SSSR count). The van der Waals surface area contributed by atoms with Crippen LogP contribution in [-0.2, 0) is 6.42 Å². The van der Waals surface area contributed by atoms with Crippen LogP contribution in [-0.4, -0.2) is 6.54 Å². The molecular formula is C14H23NO. The minimum Gasteiger partial charge on any atom is -0.464 e. The Labute approximate surface area is 98.4 Å². The van der Waals surface area contributed by atoms with Crippen molar-refractivity contribution in [2.75, 3.05) is 6.54 Å². The van der Waals surface area contributed by atoms with Gasteiger partial charge in [0, 0.05) is 6.42 Å². The molecule has 0 amide bonds. The maximum absolute atomic E-state index is 5.72. The Morgan fingerprint density at radius 3 is 2.88 bits per heavy atom. The molecule has 1 aromatic heterocycles. The third-order valence-electron chi connectivity index (χ3n) is 3.39. The van der Waals surface area contributed by atoms with Gasteiger partial charge in [0.05, 0.1) is 6.04 Å². The third kappa shape index (κ3) is 3.38. The van der Waals surface area contributed by atoms with Crippen LogP contribution in [0.4, 0.5) is 0 Å². The fourth-order valence-corrected chi connectivity index (χ4v) is 2.03. The van der Waals surface area contributed by atoms with E-state index in [9.17, 15) is 0 Å². The van der Waals surface area contributed by atoms with Crippen LogP contribution in [0.3, 0.4) is 0 Å². The van der Waals surface area contributed by atoms with E-state index in [0.717, 1.165) is 30.4 Å². The molecule has 2 nitrogen and oxygen atoms in total. The van der Waals surface area contributed by atoms with Crippen molar-refractivity contribution in [3.63, 3.8) is 0 Å². The van der Waals surface area contributed by atoms with E-state index in [0.29, 0.717) is 6.04 Å². The van der Waals surface area contributed by atoms with Crippen molar-refractivity contribution in [3.8, 4) is 0 Å². The van der Waals surface area contributed by atoms with Gasteiger partial charge >= 0.3 is 0 Å². The molecule has 1 heterocycles. The van der Waals surface area contributed by atoms with Gasteiger partial charge in [-0.1, -0.05) is 19.8 Å². The second-order valence-electron chi connectivity index (χ2n) is 4.92. The zero-order valence-corrected chi connectivity index (χ0v) is 10.5. The number of furan rings is 1. The van der Waals surface area contributed by atoms with Gasteiger partial charge in [0.2, 0.25) is 0 Å². The van der Waals surface area contributed by atoms with Gasteiger partial charge in [-0.05, 0) is 44.4 Å². The summed E-state index contributed by atoms with van der Waals surface area (Å²) in [6.45, 7) is 5.41. The second-order valence-corrected chi connectivity index (χ2v) is 4.92. The van der Waals surface area contributed by atoms with Crippen LogP contribution in [0.15, 0.2) is 16.5 Å². The molecule has 2 heteroatoms. The van der Waals surface area contributed by atoms with Crippen LogP contribution in [0, 0.1) is 5.92 Å². The van der Waals surface area contributed by atoms with Gasteiger partial charge in [-0.3, -0.25) is 0 Å². The van der Waals surface area contributed by atoms with Crippen molar-refractivity contribution in [1.29, 1.82) is 0 Å². The van der Waals surface area contributed by atoms with E-state index in [1.54, 1.807) is 0 Å². The monoisotopic (exact) mass is 221 g/mol. The fourth-order valence-electron chi connectivity index (χ4n) is 2.03. The van der Waals surface area contributed by atoms with Crippen LogP contribution >= 0.6 is 0 Å². The lowest BCUT2D eigenvalue weighted by Gasteiger charge is -2.10. The third-order valence-corrected chi connectivity index (χ3v) is 3.39. The molecule has 1 atom stereocenters. The predicted molar refractivity (Wildman–Crippen MR) is 66.5 cm³/mol. The summed E-state index contributed by atoms with van der Waals surface area (Å²) in [6.07, 6.45) is 6.62. The van der Waals surface area contributed by atoms with E-state index in [1.807, 2.05) is 0 Å². The van der Waals surface area contributed by atoms with Crippen LogP contribution in [0.5, 0.6) is 0 Å². The topological polar surface area (TPSA) is 25.2 Å². The highest BCUT2D eigenvalue weighted by atomic mass is 16.3. The normalized spacial score (nSPS) is 17.6. The molecule has 1 unspecified atom stereocenters. The van der Waals surface area contributed by atoms with E-state index in [1.165, 1.54) is 25.7 Å². The zero-order chi connectivity index (χ0) is 11.4. The first-order chi connectivity index (χ1) is 7.79. The van der Waals surface area contributed by atoms with Gasteiger partial charge in [0.1, 0.15) is 11.5 Å². The van der Waals surface area contributed by atoms with E-state index in [-0.39, 0.29) is 0 Å². The predicted octanol–water partition coefficient (Wildman–Crippen LogP) is 3.68. The summed E-state index contributed by atoms with van der Waals surface area (Å²) in [6, 6.07) is 4.52. The lowest BCUT2D eigenvalue weighted by Crippen LogP contribution is -2.19. The van der Waals surface area contributed by atoms with Crippen LogP contribution in [0.25, 0.3) is 0 Å². The molecule has 0 saturated heterocycles. The van der Waals surface area contributed by atoms with Gasteiger partial charge in [0.15, 0.2) is 0 Å². The number of rotatable bonds is 7. The van der Waals surface area contributed by atoms with Crippen molar-refractivity contribution in [2.24, 2.45) is 5.92 Å². The van der Waals surface area contributed by atoms with Crippen LogP contribution in [0.1, 0.15) is 57.1 Å². The molecule has 1 saturated carbocycles. The lowest BCUT2D eigenvalue weighted by molar-refractivity contribution is 0.405. The quantitative estimate of drug-likeness (QED) is 0.710. The lowest BCUT2D eigenvalue weighted by atomic mass is 10.2. The average molecular weight is 221 g/mol. The smallest absolute Gasteiger partial charge is 0.120 e.